The molecule has 19 heavy (non-hydrogen) atoms. The van der Waals surface area contributed by atoms with Crippen LogP contribution in [0.3, 0.4) is 0 Å². The van der Waals surface area contributed by atoms with Crippen LogP contribution in [0.5, 0.6) is 11.5 Å². The van der Waals surface area contributed by atoms with Crippen LogP contribution in [0.2, 0.25) is 0 Å². The van der Waals surface area contributed by atoms with E-state index >= 15 is 0 Å². The highest BCUT2D eigenvalue weighted by molar-refractivity contribution is 7.78. The van der Waals surface area contributed by atoms with Gasteiger partial charge < -0.3 is 15.5 Å². The second-order valence-electron chi connectivity index (χ2n) is 4.77. The summed E-state index contributed by atoms with van der Waals surface area (Å²) >= 11 is 4.24. The van der Waals surface area contributed by atoms with Crippen molar-refractivity contribution in [3.05, 3.63) is 18.2 Å². The molecule has 1 saturated carbocycles. The molecular weight excluding hydrogens is 264 g/mol. The molecule has 6 heteroatoms. The van der Waals surface area contributed by atoms with Gasteiger partial charge in [-0.2, -0.15) is 0 Å². The lowest BCUT2D eigenvalue weighted by Gasteiger charge is -2.29. The van der Waals surface area contributed by atoms with Crippen molar-refractivity contribution in [2.24, 2.45) is 0 Å². The summed E-state index contributed by atoms with van der Waals surface area (Å²) in [5.41, 5.74) is 0.262. The number of benzene rings is 1. The van der Waals surface area contributed by atoms with Crippen LogP contribution in [0.4, 0.5) is 10.5 Å². The largest absolute Gasteiger partial charge is 0.508 e. The van der Waals surface area contributed by atoms with Crippen LogP contribution in [0.1, 0.15) is 32.1 Å². The topological polar surface area (TPSA) is 72.8 Å². The van der Waals surface area contributed by atoms with Crippen molar-refractivity contribution < 1.29 is 15.0 Å². The Morgan fingerprint density at radius 1 is 1.26 bits per heavy atom. The Kier molecular flexibility index (Phi) is 4.42. The molecule has 0 atom stereocenters. The first-order chi connectivity index (χ1) is 9.08. The Balaban J connectivity index is 1.99. The maximum absolute atomic E-state index is 12.0. The van der Waals surface area contributed by atoms with Crippen molar-refractivity contribution in [1.82, 2.24) is 4.31 Å². The standard InChI is InChI=1S/C13H18N2O3S/c16-10-6-7-11(12(17)8-10)14-13(18)15(19)9-4-2-1-3-5-9/h6-9,16-17,19H,1-5H2,(H,14,18). The third kappa shape index (κ3) is 3.47. The fraction of sp³-hybridized carbons (Fsp3) is 0.462. The van der Waals surface area contributed by atoms with Crippen molar-refractivity contribution in [3.8, 4) is 11.5 Å². The van der Waals surface area contributed by atoms with E-state index in [1.165, 1.54) is 28.9 Å². The summed E-state index contributed by atoms with van der Waals surface area (Å²) in [6.45, 7) is 0. The third-order valence-corrected chi connectivity index (χ3v) is 3.86. The first kappa shape index (κ1) is 13.9. The van der Waals surface area contributed by atoms with Crippen LogP contribution < -0.4 is 5.32 Å². The molecule has 1 aromatic carbocycles. The molecular formula is C13H18N2O3S. The van der Waals surface area contributed by atoms with Crippen molar-refractivity contribution in [1.29, 1.82) is 0 Å². The molecule has 0 aliphatic heterocycles. The van der Waals surface area contributed by atoms with E-state index in [0.29, 0.717) is 0 Å². The monoisotopic (exact) mass is 282 g/mol. The van der Waals surface area contributed by atoms with E-state index in [0.717, 1.165) is 25.7 Å². The number of nitrogens with zero attached hydrogens (tertiary/aromatic N) is 1. The van der Waals surface area contributed by atoms with Gasteiger partial charge in [-0.1, -0.05) is 32.1 Å². The number of aromatic hydroxyl groups is 2. The molecule has 1 aliphatic carbocycles. The van der Waals surface area contributed by atoms with Crippen LogP contribution in [0.25, 0.3) is 0 Å². The quantitative estimate of drug-likeness (QED) is 0.382. The lowest BCUT2D eigenvalue weighted by atomic mass is 9.96. The van der Waals surface area contributed by atoms with Gasteiger partial charge in [0.25, 0.3) is 0 Å². The third-order valence-electron chi connectivity index (χ3n) is 3.35. The van der Waals surface area contributed by atoms with Gasteiger partial charge in [0, 0.05) is 12.1 Å². The van der Waals surface area contributed by atoms with E-state index in [2.05, 4.69) is 18.1 Å². The number of phenols is 2. The van der Waals surface area contributed by atoms with Gasteiger partial charge in [-0.25, -0.2) is 4.79 Å². The Morgan fingerprint density at radius 2 is 1.95 bits per heavy atom. The summed E-state index contributed by atoms with van der Waals surface area (Å²) in [7, 11) is 0. The minimum Gasteiger partial charge on any atom is -0.508 e. The molecule has 0 radical (unpaired) electrons. The highest BCUT2D eigenvalue weighted by atomic mass is 32.1. The fourth-order valence-corrected chi connectivity index (χ4v) is 2.57. The van der Waals surface area contributed by atoms with Crippen molar-refractivity contribution in [3.63, 3.8) is 0 Å². The minimum atomic E-state index is -0.365. The van der Waals surface area contributed by atoms with Gasteiger partial charge in [-0.15, -0.1) is 0 Å². The summed E-state index contributed by atoms with van der Waals surface area (Å²) in [6, 6.07) is 3.80. The maximum atomic E-state index is 12.0. The SMILES string of the molecule is O=C(Nc1ccc(O)cc1O)N(S)C1CCCCC1. The predicted molar refractivity (Wildman–Crippen MR) is 76.5 cm³/mol. The summed E-state index contributed by atoms with van der Waals surface area (Å²) in [4.78, 5) is 12.0. The fourth-order valence-electron chi connectivity index (χ4n) is 2.29. The number of rotatable bonds is 2. The van der Waals surface area contributed by atoms with Gasteiger partial charge in [0.2, 0.25) is 0 Å². The Labute approximate surface area is 117 Å². The van der Waals surface area contributed by atoms with E-state index in [-0.39, 0.29) is 29.3 Å². The zero-order valence-electron chi connectivity index (χ0n) is 10.5. The Morgan fingerprint density at radius 3 is 2.58 bits per heavy atom. The normalized spacial score (nSPS) is 16.1. The molecule has 0 heterocycles. The molecule has 3 N–H and O–H groups in total. The zero-order chi connectivity index (χ0) is 13.8. The molecule has 0 unspecified atom stereocenters. The number of carbonyl (C=O) groups excluding carboxylic acids is 1. The minimum absolute atomic E-state index is 0.0505. The number of anilines is 1. The molecule has 104 valence electrons. The van der Waals surface area contributed by atoms with E-state index in [1.54, 1.807) is 0 Å². The van der Waals surface area contributed by atoms with E-state index in [1.807, 2.05) is 0 Å². The number of carbonyl (C=O) groups is 1. The number of hydrogen-bond donors (Lipinski definition) is 4. The number of nitrogens with one attached hydrogen (secondary N) is 1. The Bertz CT molecular complexity index is 461. The van der Waals surface area contributed by atoms with Crippen LogP contribution in [0.15, 0.2) is 18.2 Å². The van der Waals surface area contributed by atoms with Gasteiger partial charge in [0.05, 0.1) is 5.69 Å². The summed E-state index contributed by atoms with van der Waals surface area (Å²) < 4.78 is 1.39. The van der Waals surface area contributed by atoms with Gasteiger partial charge in [0.15, 0.2) is 0 Å². The second-order valence-corrected chi connectivity index (χ2v) is 5.20. The summed E-state index contributed by atoms with van der Waals surface area (Å²) in [5.74, 6) is -0.218. The highest BCUT2D eigenvalue weighted by Crippen LogP contribution is 2.29. The number of urea groups is 1. The van der Waals surface area contributed by atoms with Gasteiger partial charge in [0.1, 0.15) is 11.5 Å². The van der Waals surface area contributed by atoms with Gasteiger partial charge in [-0.05, 0) is 25.0 Å². The first-order valence-corrected chi connectivity index (χ1v) is 6.79. The van der Waals surface area contributed by atoms with Gasteiger partial charge >= 0.3 is 6.03 Å². The average molecular weight is 282 g/mol. The van der Waals surface area contributed by atoms with Crippen LogP contribution >= 0.6 is 12.8 Å². The molecule has 5 nitrogen and oxygen atoms in total. The molecule has 1 fully saturated rings. The molecule has 0 saturated heterocycles. The average Bonchev–Trinajstić information content (AvgIpc) is 2.42. The van der Waals surface area contributed by atoms with E-state index in [9.17, 15) is 15.0 Å². The first-order valence-electron chi connectivity index (χ1n) is 6.39. The second kappa shape index (κ2) is 6.06. The molecule has 2 amide bonds. The zero-order valence-corrected chi connectivity index (χ0v) is 11.4. The number of amides is 2. The number of thiol groups is 1. The Hall–Kier alpha value is -1.56. The van der Waals surface area contributed by atoms with Gasteiger partial charge in [-0.3, -0.25) is 4.31 Å². The molecule has 2 rings (SSSR count). The van der Waals surface area contributed by atoms with E-state index < -0.39 is 0 Å². The lowest BCUT2D eigenvalue weighted by Crippen LogP contribution is -2.37. The lowest BCUT2D eigenvalue weighted by molar-refractivity contribution is 0.218. The van der Waals surface area contributed by atoms with Crippen LogP contribution in [-0.2, 0) is 0 Å². The molecule has 0 bridgehead atoms. The van der Waals surface area contributed by atoms with Crippen molar-refractivity contribution in [2.75, 3.05) is 5.32 Å². The number of phenolic OH excluding ortho intramolecular Hbond substituents is 2. The summed E-state index contributed by atoms with van der Waals surface area (Å²) in [6.07, 6.45) is 5.34. The highest BCUT2D eigenvalue weighted by Gasteiger charge is 2.23. The molecule has 1 aliphatic rings. The predicted octanol–water partition coefficient (Wildman–Crippen LogP) is 3.11. The van der Waals surface area contributed by atoms with E-state index in [4.69, 9.17) is 0 Å². The van der Waals surface area contributed by atoms with Crippen LogP contribution in [0, 0.1) is 0 Å². The molecule has 0 spiro atoms. The van der Waals surface area contributed by atoms with Crippen molar-refractivity contribution in [2.45, 2.75) is 38.1 Å². The number of hydrogen-bond acceptors (Lipinski definition) is 4. The van der Waals surface area contributed by atoms with Crippen molar-refractivity contribution >= 4 is 24.5 Å². The maximum Gasteiger partial charge on any atom is 0.332 e. The van der Waals surface area contributed by atoms with Crippen LogP contribution in [-0.4, -0.2) is 26.6 Å². The smallest absolute Gasteiger partial charge is 0.332 e. The molecule has 0 aromatic heterocycles. The molecule has 1 aromatic rings. The summed E-state index contributed by atoms with van der Waals surface area (Å²) in [5, 5.41) is 21.4.